The van der Waals surface area contributed by atoms with Crippen molar-refractivity contribution in [3.8, 4) is 0 Å². The second-order valence-electron chi connectivity index (χ2n) is 6.36. The monoisotopic (exact) mass is 272 g/mol. The van der Waals surface area contributed by atoms with Crippen LogP contribution in [0.2, 0.25) is 0 Å². The molecule has 0 aromatic heterocycles. The van der Waals surface area contributed by atoms with Crippen LogP contribution in [0.25, 0.3) is 0 Å². The molecule has 3 rings (SSSR count). The van der Waals surface area contributed by atoms with Gasteiger partial charge in [-0.3, -0.25) is 4.79 Å². The van der Waals surface area contributed by atoms with Gasteiger partial charge in [-0.2, -0.15) is 0 Å². The molecule has 2 aliphatic rings. The SMILES string of the molecule is CC1CCC(C)N(C(=O)c2cccc3c2NCCC3)C1. The Morgan fingerprint density at radius 1 is 1.30 bits per heavy atom. The van der Waals surface area contributed by atoms with Gasteiger partial charge in [0.2, 0.25) is 0 Å². The van der Waals surface area contributed by atoms with E-state index in [1.165, 1.54) is 12.0 Å². The number of rotatable bonds is 1. The largest absolute Gasteiger partial charge is 0.384 e. The molecule has 1 saturated heterocycles. The van der Waals surface area contributed by atoms with Crippen LogP contribution in [0.1, 0.15) is 49.0 Å². The van der Waals surface area contributed by atoms with E-state index in [2.05, 4.69) is 30.1 Å². The zero-order valence-electron chi connectivity index (χ0n) is 12.5. The number of carbonyl (C=O) groups is 1. The predicted molar refractivity (Wildman–Crippen MR) is 82.1 cm³/mol. The first-order valence-electron chi connectivity index (χ1n) is 7.83. The summed E-state index contributed by atoms with van der Waals surface area (Å²) in [4.78, 5) is 15.0. The Hall–Kier alpha value is -1.51. The van der Waals surface area contributed by atoms with E-state index in [1.807, 2.05) is 12.1 Å². The molecule has 0 aliphatic carbocycles. The van der Waals surface area contributed by atoms with Gasteiger partial charge in [0.25, 0.3) is 5.91 Å². The molecule has 2 aliphatic heterocycles. The molecule has 2 heterocycles. The summed E-state index contributed by atoms with van der Waals surface area (Å²) in [5, 5.41) is 3.43. The number of nitrogens with zero attached hydrogens (tertiary/aromatic N) is 1. The summed E-state index contributed by atoms with van der Waals surface area (Å²) in [6.07, 6.45) is 4.59. The maximum absolute atomic E-state index is 12.9. The van der Waals surface area contributed by atoms with Gasteiger partial charge < -0.3 is 10.2 Å². The van der Waals surface area contributed by atoms with Crippen molar-refractivity contribution in [3.05, 3.63) is 29.3 Å². The fourth-order valence-electron chi connectivity index (χ4n) is 3.41. The molecule has 2 unspecified atom stereocenters. The van der Waals surface area contributed by atoms with E-state index >= 15 is 0 Å². The summed E-state index contributed by atoms with van der Waals surface area (Å²) in [6.45, 7) is 6.28. The first kappa shape index (κ1) is 13.5. The Kier molecular flexibility index (Phi) is 3.68. The summed E-state index contributed by atoms with van der Waals surface area (Å²) >= 11 is 0. The van der Waals surface area contributed by atoms with E-state index in [4.69, 9.17) is 0 Å². The highest BCUT2D eigenvalue weighted by atomic mass is 16.2. The third-order valence-electron chi connectivity index (χ3n) is 4.68. The van der Waals surface area contributed by atoms with Gasteiger partial charge in [-0.15, -0.1) is 0 Å². The van der Waals surface area contributed by atoms with Crippen molar-refractivity contribution >= 4 is 11.6 Å². The summed E-state index contributed by atoms with van der Waals surface area (Å²) in [6, 6.07) is 6.50. The van der Waals surface area contributed by atoms with Gasteiger partial charge in [-0.05, 0) is 50.2 Å². The third kappa shape index (κ3) is 2.41. The zero-order valence-corrected chi connectivity index (χ0v) is 12.5. The lowest BCUT2D eigenvalue weighted by Crippen LogP contribution is -2.45. The van der Waals surface area contributed by atoms with Crippen LogP contribution in [0.4, 0.5) is 5.69 Å². The number of carbonyl (C=O) groups excluding carboxylic acids is 1. The highest BCUT2D eigenvalue weighted by molar-refractivity contribution is 6.00. The van der Waals surface area contributed by atoms with E-state index in [1.54, 1.807) is 0 Å². The quantitative estimate of drug-likeness (QED) is 0.850. The highest BCUT2D eigenvalue weighted by Crippen LogP contribution is 2.30. The molecule has 3 heteroatoms. The van der Waals surface area contributed by atoms with Crippen molar-refractivity contribution < 1.29 is 4.79 Å². The lowest BCUT2D eigenvalue weighted by atomic mass is 9.93. The molecule has 0 bridgehead atoms. The van der Waals surface area contributed by atoms with Crippen molar-refractivity contribution in [3.63, 3.8) is 0 Å². The fourth-order valence-corrected chi connectivity index (χ4v) is 3.41. The minimum atomic E-state index is 0.204. The number of benzene rings is 1. The van der Waals surface area contributed by atoms with Gasteiger partial charge in [-0.25, -0.2) is 0 Å². The Labute approximate surface area is 121 Å². The van der Waals surface area contributed by atoms with Crippen LogP contribution in [-0.4, -0.2) is 29.9 Å². The normalized spacial score (nSPS) is 25.8. The lowest BCUT2D eigenvalue weighted by molar-refractivity contribution is 0.0575. The standard InChI is InChI=1S/C17H24N2O/c1-12-8-9-13(2)19(11-12)17(20)15-7-3-5-14-6-4-10-18-16(14)15/h3,5,7,12-13,18H,4,6,8-11H2,1-2H3. The summed E-state index contributed by atoms with van der Waals surface area (Å²) in [5.41, 5.74) is 3.23. The number of aryl methyl sites for hydroxylation is 1. The lowest BCUT2D eigenvalue weighted by Gasteiger charge is -2.37. The minimum Gasteiger partial charge on any atom is -0.384 e. The topological polar surface area (TPSA) is 32.3 Å². The summed E-state index contributed by atoms with van der Waals surface area (Å²) in [7, 11) is 0. The van der Waals surface area contributed by atoms with Crippen molar-refractivity contribution in [1.82, 2.24) is 4.90 Å². The molecule has 0 radical (unpaired) electrons. The number of para-hydroxylation sites is 1. The van der Waals surface area contributed by atoms with E-state index in [0.29, 0.717) is 12.0 Å². The van der Waals surface area contributed by atoms with Crippen LogP contribution in [-0.2, 0) is 6.42 Å². The molecule has 0 spiro atoms. The number of anilines is 1. The number of fused-ring (bicyclic) bond motifs is 1. The van der Waals surface area contributed by atoms with Gasteiger partial charge >= 0.3 is 0 Å². The summed E-state index contributed by atoms with van der Waals surface area (Å²) < 4.78 is 0. The third-order valence-corrected chi connectivity index (χ3v) is 4.68. The molecular weight excluding hydrogens is 248 g/mol. The molecule has 1 amide bonds. The molecule has 1 fully saturated rings. The molecule has 1 aromatic carbocycles. The van der Waals surface area contributed by atoms with Gasteiger partial charge in [0.1, 0.15) is 0 Å². The van der Waals surface area contributed by atoms with Gasteiger partial charge in [-0.1, -0.05) is 19.1 Å². The Bertz CT molecular complexity index is 512. The Morgan fingerprint density at radius 2 is 2.15 bits per heavy atom. The molecule has 2 atom stereocenters. The average molecular weight is 272 g/mol. The number of hydrogen-bond donors (Lipinski definition) is 1. The second-order valence-corrected chi connectivity index (χ2v) is 6.36. The number of hydrogen-bond acceptors (Lipinski definition) is 2. The van der Waals surface area contributed by atoms with Crippen molar-refractivity contribution in [2.24, 2.45) is 5.92 Å². The van der Waals surface area contributed by atoms with Gasteiger partial charge in [0, 0.05) is 19.1 Å². The molecule has 1 N–H and O–H groups in total. The van der Waals surface area contributed by atoms with Crippen LogP contribution in [0, 0.1) is 5.92 Å². The molecular formula is C17H24N2O. The van der Waals surface area contributed by atoms with Crippen LogP contribution in [0.3, 0.4) is 0 Å². The second kappa shape index (κ2) is 5.47. The minimum absolute atomic E-state index is 0.204. The molecule has 0 saturated carbocycles. The van der Waals surface area contributed by atoms with E-state index < -0.39 is 0 Å². The first-order chi connectivity index (χ1) is 9.66. The molecule has 1 aromatic rings. The number of nitrogens with one attached hydrogen (secondary N) is 1. The average Bonchev–Trinajstić information content (AvgIpc) is 2.48. The Balaban J connectivity index is 1.90. The first-order valence-corrected chi connectivity index (χ1v) is 7.83. The van der Waals surface area contributed by atoms with Crippen molar-refractivity contribution in [2.45, 2.75) is 45.6 Å². The zero-order chi connectivity index (χ0) is 14.1. The molecule has 3 nitrogen and oxygen atoms in total. The van der Waals surface area contributed by atoms with Crippen molar-refractivity contribution in [2.75, 3.05) is 18.4 Å². The number of piperidine rings is 1. The fraction of sp³-hybridized carbons (Fsp3) is 0.588. The highest BCUT2D eigenvalue weighted by Gasteiger charge is 2.29. The number of amides is 1. The van der Waals surface area contributed by atoms with Crippen LogP contribution >= 0.6 is 0 Å². The molecule has 20 heavy (non-hydrogen) atoms. The summed E-state index contributed by atoms with van der Waals surface area (Å²) in [5.74, 6) is 0.818. The maximum Gasteiger partial charge on any atom is 0.256 e. The molecule has 108 valence electrons. The van der Waals surface area contributed by atoms with Gasteiger partial charge in [0.05, 0.1) is 11.3 Å². The van der Waals surface area contributed by atoms with E-state index in [9.17, 15) is 4.79 Å². The van der Waals surface area contributed by atoms with E-state index in [0.717, 1.165) is 43.6 Å². The van der Waals surface area contributed by atoms with Crippen LogP contribution in [0.5, 0.6) is 0 Å². The number of likely N-dealkylation sites (tertiary alicyclic amines) is 1. The van der Waals surface area contributed by atoms with E-state index in [-0.39, 0.29) is 5.91 Å². The van der Waals surface area contributed by atoms with Crippen molar-refractivity contribution in [1.29, 1.82) is 0 Å². The predicted octanol–water partition coefficient (Wildman–Crippen LogP) is 3.31. The van der Waals surface area contributed by atoms with Gasteiger partial charge in [0.15, 0.2) is 0 Å². The maximum atomic E-state index is 12.9. The van der Waals surface area contributed by atoms with Crippen LogP contribution in [0.15, 0.2) is 18.2 Å². The Morgan fingerprint density at radius 3 is 3.00 bits per heavy atom. The smallest absolute Gasteiger partial charge is 0.256 e. The van der Waals surface area contributed by atoms with Crippen LogP contribution < -0.4 is 5.32 Å².